The van der Waals surface area contributed by atoms with Crippen LogP contribution in [0, 0.1) is 0 Å². The molecule has 1 aliphatic rings. The number of hydrogen-bond donors (Lipinski definition) is 1. The largest absolute Gasteiger partial charge is 0.290 e. The number of hydrazone groups is 1. The van der Waals surface area contributed by atoms with Gasteiger partial charge in [0.15, 0.2) is 5.17 Å². The van der Waals surface area contributed by atoms with E-state index < -0.39 is 5.91 Å². The maximum Gasteiger partial charge on any atom is 0.290 e. The van der Waals surface area contributed by atoms with Crippen LogP contribution in [0.25, 0.3) is 10.9 Å². The molecule has 134 valence electrons. The number of nitrogens with one attached hydrogen (secondary N) is 1. The van der Waals surface area contributed by atoms with Gasteiger partial charge in [-0.1, -0.05) is 54.2 Å². The number of carbonyl (C=O) groups is 2. The number of thioether (sulfide) groups is 1. The molecule has 1 saturated heterocycles. The van der Waals surface area contributed by atoms with Crippen molar-refractivity contribution in [3.05, 3.63) is 72.4 Å². The van der Waals surface area contributed by atoms with Crippen LogP contribution in [0.15, 0.2) is 71.8 Å². The Kier molecular flexibility index (Phi) is 4.60. The number of para-hydroxylation sites is 2. The normalized spacial score (nSPS) is 18.3. The van der Waals surface area contributed by atoms with E-state index in [1.54, 1.807) is 6.07 Å². The maximum absolute atomic E-state index is 12.5. The van der Waals surface area contributed by atoms with Gasteiger partial charge in [-0.3, -0.25) is 14.5 Å². The van der Waals surface area contributed by atoms with Gasteiger partial charge >= 0.3 is 0 Å². The van der Waals surface area contributed by atoms with E-state index in [0.717, 1.165) is 16.6 Å². The molecular weight excluding hydrogens is 360 g/mol. The molecule has 4 rings (SSSR count). The Morgan fingerprint density at radius 1 is 1.07 bits per heavy atom. The van der Waals surface area contributed by atoms with Crippen LogP contribution in [0.1, 0.15) is 17.4 Å². The SMILES string of the molecule is CC1S/C(=N\NC(=O)c2ccc3ccccc3n2)N(c2ccccc2)C1=O. The molecule has 1 atom stereocenters. The third-order valence-corrected chi connectivity index (χ3v) is 5.18. The molecule has 2 amide bonds. The van der Waals surface area contributed by atoms with Gasteiger partial charge in [0, 0.05) is 5.39 Å². The van der Waals surface area contributed by atoms with Crippen molar-refractivity contribution in [1.82, 2.24) is 10.4 Å². The summed E-state index contributed by atoms with van der Waals surface area (Å²) in [6.45, 7) is 1.82. The topological polar surface area (TPSA) is 74.7 Å². The monoisotopic (exact) mass is 376 g/mol. The van der Waals surface area contributed by atoms with Crippen molar-refractivity contribution in [3.8, 4) is 0 Å². The highest BCUT2D eigenvalue weighted by Gasteiger charge is 2.36. The van der Waals surface area contributed by atoms with Gasteiger partial charge in [-0.05, 0) is 31.2 Å². The van der Waals surface area contributed by atoms with E-state index in [0.29, 0.717) is 5.17 Å². The van der Waals surface area contributed by atoms with E-state index in [2.05, 4.69) is 15.5 Å². The van der Waals surface area contributed by atoms with Crippen LogP contribution < -0.4 is 10.3 Å². The van der Waals surface area contributed by atoms with Gasteiger partial charge in [0.25, 0.3) is 5.91 Å². The van der Waals surface area contributed by atoms with E-state index in [1.165, 1.54) is 16.7 Å². The first-order chi connectivity index (χ1) is 13.1. The Hall–Kier alpha value is -3.19. The Morgan fingerprint density at radius 2 is 1.81 bits per heavy atom. The molecule has 6 nitrogen and oxygen atoms in total. The minimum absolute atomic E-state index is 0.0666. The molecule has 0 bridgehead atoms. The van der Waals surface area contributed by atoms with Crippen LogP contribution in [-0.2, 0) is 4.79 Å². The summed E-state index contributed by atoms with van der Waals surface area (Å²) in [4.78, 5) is 30.8. The van der Waals surface area contributed by atoms with Gasteiger partial charge in [0.05, 0.1) is 16.5 Å². The third kappa shape index (κ3) is 3.41. The number of aromatic nitrogens is 1. The highest BCUT2D eigenvalue weighted by atomic mass is 32.2. The standard InChI is InChI=1S/C20H16N4O2S/c1-13-19(26)24(15-8-3-2-4-9-15)20(27-13)23-22-18(25)17-12-11-14-7-5-6-10-16(14)21-17/h2-13H,1H3,(H,22,25)/b23-20-. The summed E-state index contributed by atoms with van der Waals surface area (Å²) in [6, 6.07) is 20.3. The zero-order chi connectivity index (χ0) is 18.8. The lowest BCUT2D eigenvalue weighted by Crippen LogP contribution is -2.33. The smallest absolute Gasteiger partial charge is 0.273 e. The molecule has 2 aromatic carbocycles. The van der Waals surface area contributed by atoms with Crippen molar-refractivity contribution >= 4 is 45.3 Å². The fraction of sp³-hybridized carbons (Fsp3) is 0.100. The van der Waals surface area contributed by atoms with Crippen molar-refractivity contribution in [3.63, 3.8) is 0 Å². The lowest BCUT2D eigenvalue weighted by Gasteiger charge is -2.15. The highest BCUT2D eigenvalue weighted by Crippen LogP contribution is 2.31. The van der Waals surface area contributed by atoms with Gasteiger partial charge in [0.2, 0.25) is 5.91 Å². The summed E-state index contributed by atoms with van der Waals surface area (Å²) in [6.07, 6.45) is 0. The summed E-state index contributed by atoms with van der Waals surface area (Å²) in [5, 5.41) is 5.32. The van der Waals surface area contributed by atoms with Gasteiger partial charge in [0.1, 0.15) is 5.69 Å². The first kappa shape index (κ1) is 17.2. The molecule has 1 unspecified atom stereocenters. The van der Waals surface area contributed by atoms with Crippen LogP contribution >= 0.6 is 11.8 Å². The maximum atomic E-state index is 12.5. The van der Waals surface area contributed by atoms with E-state index in [1.807, 2.05) is 67.6 Å². The second kappa shape index (κ2) is 7.20. The average molecular weight is 376 g/mol. The first-order valence-electron chi connectivity index (χ1n) is 8.43. The Morgan fingerprint density at radius 3 is 2.63 bits per heavy atom. The molecule has 0 aliphatic carbocycles. The molecule has 3 aromatic rings. The molecule has 1 aromatic heterocycles. The van der Waals surface area contributed by atoms with E-state index in [9.17, 15) is 9.59 Å². The van der Waals surface area contributed by atoms with Crippen LogP contribution in [0.5, 0.6) is 0 Å². The number of amides is 2. The van der Waals surface area contributed by atoms with E-state index >= 15 is 0 Å². The molecular formula is C20H16N4O2S. The number of carbonyl (C=O) groups excluding carboxylic acids is 2. The predicted octanol–water partition coefficient (Wildman–Crippen LogP) is 3.40. The van der Waals surface area contributed by atoms with Gasteiger partial charge in [-0.2, -0.15) is 0 Å². The second-order valence-corrected chi connectivity index (χ2v) is 7.30. The highest BCUT2D eigenvalue weighted by molar-refractivity contribution is 8.16. The number of benzene rings is 2. The molecule has 0 spiro atoms. The summed E-state index contributed by atoms with van der Waals surface area (Å²) in [5.74, 6) is -0.489. The minimum Gasteiger partial charge on any atom is -0.273 e. The van der Waals surface area contributed by atoms with Crippen molar-refractivity contribution in [2.75, 3.05) is 4.90 Å². The van der Waals surface area contributed by atoms with E-state index in [-0.39, 0.29) is 16.9 Å². The Balaban J connectivity index is 1.58. The summed E-state index contributed by atoms with van der Waals surface area (Å²) >= 11 is 1.31. The van der Waals surface area contributed by atoms with Gasteiger partial charge < -0.3 is 0 Å². The average Bonchev–Trinajstić information content (AvgIpc) is 3.00. The lowest BCUT2D eigenvalue weighted by atomic mass is 10.2. The van der Waals surface area contributed by atoms with Crippen molar-refractivity contribution in [1.29, 1.82) is 0 Å². The van der Waals surface area contributed by atoms with Gasteiger partial charge in [-0.25, -0.2) is 10.4 Å². The lowest BCUT2D eigenvalue weighted by molar-refractivity contribution is -0.116. The fourth-order valence-electron chi connectivity index (χ4n) is 2.78. The van der Waals surface area contributed by atoms with Crippen LogP contribution in [-0.4, -0.2) is 27.2 Å². The summed E-state index contributed by atoms with van der Waals surface area (Å²) < 4.78 is 0. The quantitative estimate of drug-likeness (QED) is 0.711. The third-order valence-electron chi connectivity index (χ3n) is 4.14. The molecule has 7 heteroatoms. The number of amidine groups is 1. The van der Waals surface area contributed by atoms with Crippen LogP contribution in [0.4, 0.5) is 5.69 Å². The number of anilines is 1. The minimum atomic E-state index is -0.422. The molecule has 0 radical (unpaired) electrons. The Bertz CT molecular complexity index is 1050. The molecule has 1 aliphatic heterocycles. The predicted molar refractivity (Wildman–Crippen MR) is 108 cm³/mol. The zero-order valence-electron chi connectivity index (χ0n) is 14.5. The molecule has 1 N–H and O–H groups in total. The molecule has 1 fully saturated rings. The van der Waals surface area contributed by atoms with Gasteiger partial charge in [-0.15, -0.1) is 5.10 Å². The summed E-state index contributed by atoms with van der Waals surface area (Å²) in [7, 11) is 0. The number of nitrogens with zero attached hydrogens (tertiary/aromatic N) is 3. The molecule has 0 saturated carbocycles. The number of pyridine rings is 1. The van der Waals surface area contributed by atoms with Crippen molar-refractivity contribution in [2.24, 2.45) is 5.10 Å². The summed E-state index contributed by atoms with van der Waals surface area (Å²) in [5.41, 5.74) is 4.25. The zero-order valence-corrected chi connectivity index (χ0v) is 15.3. The van der Waals surface area contributed by atoms with Crippen molar-refractivity contribution < 1.29 is 9.59 Å². The van der Waals surface area contributed by atoms with E-state index in [4.69, 9.17) is 0 Å². The number of hydrogen-bond acceptors (Lipinski definition) is 5. The van der Waals surface area contributed by atoms with Crippen molar-refractivity contribution in [2.45, 2.75) is 12.2 Å². The molecule has 27 heavy (non-hydrogen) atoms. The molecule has 2 heterocycles. The van der Waals surface area contributed by atoms with Crippen LogP contribution in [0.3, 0.4) is 0 Å². The second-order valence-electron chi connectivity index (χ2n) is 5.99. The number of fused-ring (bicyclic) bond motifs is 1. The first-order valence-corrected chi connectivity index (χ1v) is 9.31. The number of rotatable bonds is 3. The van der Waals surface area contributed by atoms with Crippen LogP contribution in [0.2, 0.25) is 0 Å². The fourth-order valence-corrected chi connectivity index (χ4v) is 3.70. The Labute approximate surface area is 160 Å².